The van der Waals surface area contributed by atoms with E-state index in [0.717, 1.165) is 29.5 Å². The van der Waals surface area contributed by atoms with Gasteiger partial charge in [0.15, 0.2) is 6.04 Å². The first kappa shape index (κ1) is 23.7. The Hall–Kier alpha value is -1.99. The molecule has 168 valence electrons. The highest BCUT2D eigenvalue weighted by molar-refractivity contribution is 6.42. The summed E-state index contributed by atoms with van der Waals surface area (Å²) >= 11 is 12.4. The summed E-state index contributed by atoms with van der Waals surface area (Å²) in [6.07, 6.45) is -1.91. The van der Waals surface area contributed by atoms with Crippen molar-refractivity contribution < 1.29 is 18.0 Å². The number of halogens is 5. The molecule has 0 fully saturated rings. The van der Waals surface area contributed by atoms with Crippen molar-refractivity contribution in [1.29, 1.82) is 0 Å². The van der Waals surface area contributed by atoms with Crippen LogP contribution in [0, 0.1) is 5.41 Å². The summed E-state index contributed by atoms with van der Waals surface area (Å²) < 4.78 is 41.3. The molecule has 1 heterocycles. The third-order valence-electron chi connectivity index (χ3n) is 5.31. The number of benzene rings is 1. The molecule has 2 atom stereocenters. The van der Waals surface area contributed by atoms with E-state index in [0.29, 0.717) is 22.2 Å². The van der Waals surface area contributed by atoms with Gasteiger partial charge >= 0.3 is 6.18 Å². The lowest BCUT2D eigenvalue weighted by atomic mass is 9.93. The molecule has 1 aromatic heterocycles. The quantitative estimate of drug-likeness (QED) is 0.585. The number of amides is 1. The third-order valence-corrected chi connectivity index (χ3v) is 6.15. The standard InChI is InChI=1S/C22H24Cl2F3N3O/c1-21(2,3)20(31)30(4)19(22(25,26)27)17-8-6-13(11-28-17)29-14-9-12-5-7-16(23)18(24)15(12)10-14/h5-8,11,14,19,29H,9-10H2,1-4H3. The molecule has 0 saturated carbocycles. The van der Waals surface area contributed by atoms with Crippen LogP contribution in [0.4, 0.5) is 18.9 Å². The van der Waals surface area contributed by atoms with Gasteiger partial charge in [-0.2, -0.15) is 13.2 Å². The number of nitrogens with one attached hydrogen (secondary N) is 1. The van der Waals surface area contributed by atoms with Crippen LogP contribution < -0.4 is 5.32 Å². The number of carbonyl (C=O) groups is 1. The summed E-state index contributed by atoms with van der Waals surface area (Å²) in [6.45, 7) is 4.75. The number of rotatable bonds is 4. The topological polar surface area (TPSA) is 45.2 Å². The van der Waals surface area contributed by atoms with Crippen molar-refractivity contribution in [3.63, 3.8) is 0 Å². The van der Waals surface area contributed by atoms with Crippen molar-refractivity contribution in [1.82, 2.24) is 9.88 Å². The summed E-state index contributed by atoms with van der Waals surface area (Å²) in [4.78, 5) is 17.2. The van der Waals surface area contributed by atoms with Gasteiger partial charge in [-0.05, 0) is 42.2 Å². The molecule has 1 aliphatic carbocycles. The Balaban J connectivity index is 1.77. The molecule has 0 bridgehead atoms. The van der Waals surface area contributed by atoms with Crippen molar-refractivity contribution in [3.05, 3.63) is 57.3 Å². The van der Waals surface area contributed by atoms with E-state index in [2.05, 4.69) is 10.3 Å². The molecule has 0 spiro atoms. The van der Waals surface area contributed by atoms with E-state index in [9.17, 15) is 18.0 Å². The average Bonchev–Trinajstić information content (AvgIpc) is 3.07. The van der Waals surface area contributed by atoms with E-state index in [1.165, 1.54) is 12.3 Å². The maximum absolute atomic E-state index is 13.8. The second-order valence-electron chi connectivity index (χ2n) is 8.83. The zero-order chi connectivity index (χ0) is 23.1. The Bertz CT molecular complexity index is 972. The lowest BCUT2D eigenvalue weighted by molar-refractivity contribution is -0.192. The second kappa shape index (κ2) is 8.51. The van der Waals surface area contributed by atoms with Gasteiger partial charge in [0.1, 0.15) is 0 Å². The summed E-state index contributed by atoms with van der Waals surface area (Å²) in [7, 11) is 1.16. The Labute approximate surface area is 189 Å². The van der Waals surface area contributed by atoms with Gasteiger partial charge in [-0.25, -0.2) is 0 Å². The summed E-state index contributed by atoms with van der Waals surface area (Å²) in [6, 6.07) is 4.45. The van der Waals surface area contributed by atoms with E-state index in [-0.39, 0.29) is 11.7 Å². The molecular weight excluding hydrogens is 450 g/mol. The lowest BCUT2D eigenvalue weighted by Crippen LogP contribution is -2.44. The molecule has 0 radical (unpaired) electrons. The zero-order valence-corrected chi connectivity index (χ0v) is 19.2. The minimum atomic E-state index is -4.65. The van der Waals surface area contributed by atoms with Gasteiger partial charge in [-0.1, -0.05) is 50.0 Å². The van der Waals surface area contributed by atoms with Crippen LogP contribution in [0.5, 0.6) is 0 Å². The first-order valence-electron chi connectivity index (χ1n) is 9.81. The molecule has 3 rings (SSSR count). The van der Waals surface area contributed by atoms with Crippen LogP contribution in [-0.4, -0.2) is 35.1 Å². The van der Waals surface area contributed by atoms with E-state index in [1.807, 2.05) is 6.07 Å². The molecule has 9 heteroatoms. The third kappa shape index (κ3) is 5.09. The monoisotopic (exact) mass is 473 g/mol. The Morgan fingerprint density at radius 1 is 1.16 bits per heavy atom. The van der Waals surface area contributed by atoms with Gasteiger partial charge in [0.25, 0.3) is 0 Å². The highest BCUT2D eigenvalue weighted by Crippen LogP contribution is 2.39. The second-order valence-corrected chi connectivity index (χ2v) is 9.62. The number of alkyl halides is 3. The number of hydrogen-bond donors (Lipinski definition) is 1. The van der Waals surface area contributed by atoms with Crippen LogP contribution in [0.2, 0.25) is 10.0 Å². The van der Waals surface area contributed by atoms with Crippen molar-refractivity contribution >= 4 is 34.8 Å². The highest BCUT2D eigenvalue weighted by atomic mass is 35.5. The summed E-state index contributed by atoms with van der Waals surface area (Å²) in [5, 5.41) is 4.33. The Kier molecular flexibility index (Phi) is 6.50. The van der Waals surface area contributed by atoms with Crippen LogP contribution in [0.3, 0.4) is 0 Å². The van der Waals surface area contributed by atoms with Gasteiger partial charge in [-0.3, -0.25) is 9.78 Å². The van der Waals surface area contributed by atoms with Crippen molar-refractivity contribution in [3.8, 4) is 0 Å². The number of aromatic nitrogens is 1. The zero-order valence-electron chi connectivity index (χ0n) is 17.6. The van der Waals surface area contributed by atoms with Crippen LogP contribution in [0.15, 0.2) is 30.5 Å². The minimum Gasteiger partial charge on any atom is -0.380 e. The van der Waals surface area contributed by atoms with Crippen molar-refractivity contribution in [2.24, 2.45) is 5.41 Å². The number of fused-ring (bicyclic) bond motifs is 1. The maximum atomic E-state index is 13.8. The molecule has 1 N–H and O–H groups in total. The van der Waals surface area contributed by atoms with Gasteiger partial charge in [0.2, 0.25) is 5.91 Å². The van der Waals surface area contributed by atoms with Gasteiger partial charge in [0, 0.05) is 18.5 Å². The smallest absolute Gasteiger partial charge is 0.380 e. The molecule has 1 aliphatic rings. The number of anilines is 1. The predicted molar refractivity (Wildman–Crippen MR) is 117 cm³/mol. The molecule has 0 aliphatic heterocycles. The van der Waals surface area contributed by atoms with E-state index < -0.39 is 23.5 Å². The van der Waals surface area contributed by atoms with Crippen molar-refractivity contribution in [2.45, 2.75) is 51.9 Å². The average molecular weight is 474 g/mol. The van der Waals surface area contributed by atoms with E-state index in [4.69, 9.17) is 23.2 Å². The molecule has 1 aromatic carbocycles. The Morgan fingerprint density at radius 3 is 2.39 bits per heavy atom. The summed E-state index contributed by atoms with van der Waals surface area (Å²) in [5.74, 6) is -0.613. The molecule has 4 nitrogen and oxygen atoms in total. The first-order chi connectivity index (χ1) is 14.3. The molecule has 2 unspecified atom stereocenters. The number of pyridine rings is 1. The number of nitrogens with zero attached hydrogens (tertiary/aromatic N) is 2. The van der Waals surface area contributed by atoms with E-state index in [1.54, 1.807) is 32.9 Å². The lowest BCUT2D eigenvalue weighted by Gasteiger charge is -2.33. The fourth-order valence-corrected chi connectivity index (χ4v) is 4.29. The SMILES string of the molecule is CN(C(=O)C(C)(C)C)C(c1ccc(NC2Cc3ccc(Cl)c(Cl)c3C2)cn1)C(F)(F)F. The van der Waals surface area contributed by atoms with Gasteiger partial charge in [0.05, 0.1) is 27.6 Å². The molecule has 31 heavy (non-hydrogen) atoms. The number of hydrogen-bond acceptors (Lipinski definition) is 3. The molecule has 1 amide bonds. The fourth-order valence-electron chi connectivity index (χ4n) is 3.85. The fraction of sp³-hybridized carbons (Fsp3) is 0.455. The van der Waals surface area contributed by atoms with Gasteiger partial charge in [-0.15, -0.1) is 0 Å². The normalized spacial score (nSPS) is 17.3. The van der Waals surface area contributed by atoms with Crippen LogP contribution in [0.25, 0.3) is 0 Å². The Morgan fingerprint density at radius 2 is 1.84 bits per heavy atom. The predicted octanol–water partition coefficient (Wildman–Crippen LogP) is 6.08. The molecule has 2 aromatic rings. The molecular formula is C22H24Cl2F3N3O. The maximum Gasteiger partial charge on any atom is 0.414 e. The summed E-state index contributed by atoms with van der Waals surface area (Å²) in [5.41, 5.74) is 1.49. The largest absolute Gasteiger partial charge is 0.414 e. The molecule has 0 saturated heterocycles. The van der Waals surface area contributed by atoms with Crippen molar-refractivity contribution in [2.75, 3.05) is 12.4 Å². The van der Waals surface area contributed by atoms with E-state index >= 15 is 0 Å². The van der Waals surface area contributed by atoms with Gasteiger partial charge < -0.3 is 10.2 Å². The number of carbonyl (C=O) groups excluding carboxylic acids is 1. The highest BCUT2D eigenvalue weighted by Gasteiger charge is 2.47. The van der Waals surface area contributed by atoms with Crippen LogP contribution in [-0.2, 0) is 17.6 Å². The van der Waals surface area contributed by atoms with Crippen LogP contribution >= 0.6 is 23.2 Å². The first-order valence-corrected chi connectivity index (χ1v) is 10.6. The van der Waals surface area contributed by atoms with Crippen LogP contribution in [0.1, 0.15) is 43.6 Å². The minimum absolute atomic E-state index is 0.0298.